The van der Waals surface area contributed by atoms with Crippen LogP contribution in [0.5, 0.6) is 5.75 Å². The second kappa shape index (κ2) is 8.87. The van der Waals surface area contributed by atoms with E-state index in [1.165, 1.54) is 19.2 Å². The van der Waals surface area contributed by atoms with E-state index in [1.807, 2.05) is 0 Å². The molecule has 1 aromatic carbocycles. The van der Waals surface area contributed by atoms with Gasteiger partial charge in [0, 0.05) is 24.5 Å². The minimum atomic E-state index is -0.590. The maximum absolute atomic E-state index is 13.6. The fourth-order valence-electron chi connectivity index (χ4n) is 1.43. The van der Waals surface area contributed by atoms with Gasteiger partial charge in [0.2, 0.25) is 0 Å². The van der Waals surface area contributed by atoms with E-state index in [0.29, 0.717) is 31.9 Å². The summed E-state index contributed by atoms with van der Waals surface area (Å²) < 4.78 is 23.7. The van der Waals surface area contributed by atoms with Gasteiger partial charge in [-0.05, 0) is 18.6 Å². The summed E-state index contributed by atoms with van der Waals surface area (Å²) in [5.41, 5.74) is 0.0159. The zero-order chi connectivity index (χ0) is 14.1. The maximum Gasteiger partial charge on any atom is 0.254 e. The van der Waals surface area contributed by atoms with Crippen molar-refractivity contribution in [1.82, 2.24) is 5.32 Å². The van der Waals surface area contributed by atoms with Crippen LogP contribution in [-0.2, 0) is 4.74 Å². The van der Waals surface area contributed by atoms with Gasteiger partial charge in [0.05, 0.1) is 19.3 Å². The lowest BCUT2D eigenvalue weighted by Gasteiger charge is -2.07. The molecule has 0 bridgehead atoms. The second-order valence-electron chi connectivity index (χ2n) is 3.76. The Morgan fingerprint density at radius 3 is 2.84 bits per heavy atom. The molecule has 0 aromatic heterocycles. The van der Waals surface area contributed by atoms with Gasteiger partial charge in [-0.25, -0.2) is 4.39 Å². The van der Waals surface area contributed by atoms with Crippen molar-refractivity contribution >= 4 is 21.8 Å². The maximum atomic E-state index is 13.6. The average Bonchev–Trinajstić information content (AvgIpc) is 2.42. The molecule has 0 heterocycles. The van der Waals surface area contributed by atoms with E-state index < -0.39 is 11.7 Å². The normalized spacial score (nSPS) is 10.3. The standard InChI is InChI=1S/C13H17BrFNO3/c1-18-10-3-4-11(12(15)9-10)13(17)16-6-2-7-19-8-5-14/h3-4,9H,2,5-8H2,1H3,(H,16,17). The summed E-state index contributed by atoms with van der Waals surface area (Å²) in [5, 5.41) is 3.43. The van der Waals surface area contributed by atoms with Gasteiger partial charge in [0.25, 0.3) is 5.91 Å². The molecule has 19 heavy (non-hydrogen) atoms. The summed E-state index contributed by atoms with van der Waals surface area (Å²) in [5.74, 6) is -0.634. The van der Waals surface area contributed by atoms with Gasteiger partial charge in [-0.2, -0.15) is 0 Å². The lowest BCUT2D eigenvalue weighted by atomic mass is 10.2. The number of halogens is 2. The highest BCUT2D eigenvalue weighted by Crippen LogP contribution is 2.15. The molecule has 106 valence electrons. The molecule has 0 aliphatic carbocycles. The lowest BCUT2D eigenvalue weighted by molar-refractivity contribution is 0.0940. The van der Waals surface area contributed by atoms with Crippen LogP contribution < -0.4 is 10.1 Å². The van der Waals surface area contributed by atoms with Gasteiger partial charge in [-0.15, -0.1) is 0 Å². The molecule has 1 aromatic rings. The number of ether oxygens (including phenoxy) is 2. The summed E-state index contributed by atoms with van der Waals surface area (Å²) in [6.07, 6.45) is 0.691. The highest BCUT2D eigenvalue weighted by atomic mass is 79.9. The fraction of sp³-hybridized carbons (Fsp3) is 0.462. The van der Waals surface area contributed by atoms with E-state index in [2.05, 4.69) is 21.2 Å². The topological polar surface area (TPSA) is 47.6 Å². The van der Waals surface area contributed by atoms with E-state index in [9.17, 15) is 9.18 Å². The van der Waals surface area contributed by atoms with Crippen LogP contribution in [0.1, 0.15) is 16.8 Å². The van der Waals surface area contributed by atoms with E-state index in [4.69, 9.17) is 9.47 Å². The van der Waals surface area contributed by atoms with E-state index in [-0.39, 0.29) is 5.56 Å². The average molecular weight is 334 g/mol. The first-order valence-electron chi connectivity index (χ1n) is 5.94. The van der Waals surface area contributed by atoms with Crippen molar-refractivity contribution in [3.05, 3.63) is 29.6 Å². The first kappa shape index (κ1) is 15.9. The molecule has 1 N–H and O–H groups in total. The number of alkyl halides is 1. The Balaban J connectivity index is 2.37. The number of nitrogens with one attached hydrogen (secondary N) is 1. The van der Waals surface area contributed by atoms with E-state index in [1.54, 1.807) is 6.07 Å². The molecule has 0 fully saturated rings. The quantitative estimate of drug-likeness (QED) is 0.587. The zero-order valence-electron chi connectivity index (χ0n) is 10.7. The monoisotopic (exact) mass is 333 g/mol. The molecule has 6 heteroatoms. The number of hydrogen-bond acceptors (Lipinski definition) is 3. The van der Waals surface area contributed by atoms with Crippen LogP contribution in [0, 0.1) is 5.82 Å². The number of carbonyl (C=O) groups excluding carboxylic acids is 1. The SMILES string of the molecule is COc1ccc(C(=O)NCCCOCCBr)c(F)c1. The fourth-order valence-corrected chi connectivity index (χ4v) is 1.66. The Morgan fingerprint density at radius 2 is 2.21 bits per heavy atom. The van der Waals surface area contributed by atoms with Gasteiger partial charge in [0.1, 0.15) is 11.6 Å². The third kappa shape index (κ3) is 5.57. The van der Waals surface area contributed by atoms with Gasteiger partial charge in [0.15, 0.2) is 0 Å². The molecule has 1 rings (SSSR count). The van der Waals surface area contributed by atoms with Crippen molar-refractivity contribution in [3.8, 4) is 5.75 Å². The number of hydrogen-bond donors (Lipinski definition) is 1. The molecule has 0 aliphatic heterocycles. The third-order valence-electron chi connectivity index (χ3n) is 2.39. The lowest BCUT2D eigenvalue weighted by Crippen LogP contribution is -2.26. The van der Waals surface area contributed by atoms with Crippen LogP contribution in [0.2, 0.25) is 0 Å². The van der Waals surface area contributed by atoms with Gasteiger partial charge in [-0.3, -0.25) is 4.79 Å². The molecule has 0 atom stereocenters. The highest BCUT2D eigenvalue weighted by molar-refractivity contribution is 9.09. The van der Waals surface area contributed by atoms with Gasteiger partial charge < -0.3 is 14.8 Å². The molecular weight excluding hydrogens is 317 g/mol. The van der Waals surface area contributed by atoms with Crippen LogP contribution in [0.4, 0.5) is 4.39 Å². The van der Waals surface area contributed by atoms with Crippen LogP contribution >= 0.6 is 15.9 Å². The second-order valence-corrected chi connectivity index (χ2v) is 4.55. The van der Waals surface area contributed by atoms with Crippen LogP contribution in [0.3, 0.4) is 0 Å². The number of methoxy groups -OCH3 is 1. The number of carbonyl (C=O) groups is 1. The number of rotatable bonds is 8. The summed E-state index contributed by atoms with van der Waals surface area (Å²) >= 11 is 3.25. The molecule has 0 radical (unpaired) electrons. The molecule has 0 unspecified atom stereocenters. The molecule has 0 spiro atoms. The van der Waals surface area contributed by atoms with Crippen molar-refractivity contribution < 1.29 is 18.7 Å². The molecular formula is C13H17BrFNO3. The van der Waals surface area contributed by atoms with Crippen LogP contribution in [-0.4, -0.2) is 38.1 Å². The Labute approximate surface area is 120 Å². The Kier molecular flexibility index (Phi) is 7.43. The molecule has 1 amide bonds. The first-order chi connectivity index (χ1) is 9.19. The summed E-state index contributed by atoms with van der Waals surface area (Å²) in [6, 6.07) is 4.15. The van der Waals surface area contributed by atoms with Gasteiger partial charge >= 0.3 is 0 Å². The highest BCUT2D eigenvalue weighted by Gasteiger charge is 2.11. The molecule has 0 saturated carbocycles. The number of benzene rings is 1. The molecule has 4 nitrogen and oxygen atoms in total. The minimum Gasteiger partial charge on any atom is -0.497 e. The van der Waals surface area contributed by atoms with Crippen molar-refractivity contribution in [2.75, 3.05) is 32.2 Å². The largest absolute Gasteiger partial charge is 0.497 e. The zero-order valence-corrected chi connectivity index (χ0v) is 12.3. The number of amides is 1. The van der Waals surface area contributed by atoms with E-state index >= 15 is 0 Å². The van der Waals surface area contributed by atoms with Crippen LogP contribution in [0.25, 0.3) is 0 Å². The van der Waals surface area contributed by atoms with Crippen molar-refractivity contribution in [1.29, 1.82) is 0 Å². The third-order valence-corrected chi connectivity index (χ3v) is 2.72. The minimum absolute atomic E-state index is 0.0159. The van der Waals surface area contributed by atoms with Crippen molar-refractivity contribution in [3.63, 3.8) is 0 Å². The Hall–Kier alpha value is -1.14. The van der Waals surface area contributed by atoms with Crippen molar-refractivity contribution in [2.24, 2.45) is 0 Å². The predicted molar refractivity (Wildman–Crippen MR) is 74.5 cm³/mol. The summed E-state index contributed by atoms with van der Waals surface area (Å²) in [6.45, 7) is 1.66. The summed E-state index contributed by atoms with van der Waals surface area (Å²) in [4.78, 5) is 11.7. The first-order valence-corrected chi connectivity index (χ1v) is 7.06. The van der Waals surface area contributed by atoms with Crippen molar-refractivity contribution in [2.45, 2.75) is 6.42 Å². The molecule has 0 saturated heterocycles. The van der Waals surface area contributed by atoms with Crippen LogP contribution in [0.15, 0.2) is 18.2 Å². The summed E-state index contributed by atoms with van der Waals surface area (Å²) in [7, 11) is 1.45. The predicted octanol–water partition coefficient (Wildman–Crippen LogP) is 2.37. The van der Waals surface area contributed by atoms with E-state index in [0.717, 1.165) is 5.33 Å². The molecule has 0 aliphatic rings. The Morgan fingerprint density at radius 1 is 1.42 bits per heavy atom. The Bertz CT molecular complexity index is 415. The van der Waals surface area contributed by atoms with Gasteiger partial charge in [-0.1, -0.05) is 15.9 Å². The smallest absolute Gasteiger partial charge is 0.254 e.